The van der Waals surface area contributed by atoms with Crippen molar-refractivity contribution in [1.29, 1.82) is 0 Å². The van der Waals surface area contributed by atoms with E-state index in [-0.39, 0.29) is 23.5 Å². The van der Waals surface area contributed by atoms with Crippen LogP contribution in [0, 0.1) is 5.82 Å². The molecule has 0 saturated heterocycles. The molecular formula is C11H14FNO4S. The van der Waals surface area contributed by atoms with Crippen molar-refractivity contribution in [3.63, 3.8) is 0 Å². The third-order valence-corrected chi connectivity index (χ3v) is 4.31. The van der Waals surface area contributed by atoms with Crippen LogP contribution in [0.15, 0.2) is 18.2 Å². The van der Waals surface area contributed by atoms with Crippen LogP contribution in [-0.4, -0.2) is 31.8 Å². The number of sulfonamides is 1. The van der Waals surface area contributed by atoms with Crippen LogP contribution in [0.3, 0.4) is 0 Å². The molecule has 0 amide bonds. The van der Waals surface area contributed by atoms with Crippen LogP contribution in [-0.2, 0) is 10.0 Å². The molecule has 0 aliphatic rings. The zero-order valence-corrected chi connectivity index (χ0v) is 10.9. The number of nitrogens with zero attached hydrogens (tertiary/aromatic N) is 1. The van der Waals surface area contributed by atoms with E-state index in [9.17, 15) is 17.6 Å². The summed E-state index contributed by atoms with van der Waals surface area (Å²) in [6.07, 6.45) is 0. The Morgan fingerprint density at radius 3 is 2.44 bits per heavy atom. The van der Waals surface area contributed by atoms with Crippen molar-refractivity contribution in [2.45, 2.75) is 13.8 Å². The van der Waals surface area contributed by atoms with Crippen LogP contribution in [0.4, 0.5) is 10.1 Å². The van der Waals surface area contributed by atoms with E-state index in [1.165, 1.54) is 6.92 Å². The quantitative estimate of drug-likeness (QED) is 0.887. The first-order valence-electron chi connectivity index (χ1n) is 5.36. The molecule has 18 heavy (non-hydrogen) atoms. The lowest BCUT2D eigenvalue weighted by Gasteiger charge is -2.22. The van der Waals surface area contributed by atoms with Gasteiger partial charge in [-0.25, -0.2) is 17.6 Å². The van der Waals surface area contributed by atoms with Crippen LogP contribution in [0.25, 0.3) is 0 Å². The number of hydrogen-bond acceptors (Lipinski definition) is 3. The Kier molecular flexibility index (Phi) is 4.28. The summed E-state index contributed by atoms with van der Waals surface area (Å²) in [6.45, 7) is 3.03. The van der Waals surface area contributed by atoms with Gasteiger partial charge in [-0.3, -0.25) is 4.31 Å². The molecule has 0 atom stereocenters. The van der Waals surface area contributed by atoms with Crippen LogP contribution in [0.5, 0.6) is 0 Å². The third kappa shape index (κ3) is 2.79. The zero-order chi connectivity index (χ0) is 13.9. The zero-order valence-electron chi connectivity index (χ0n) is 10.1. The molecule has 1 rings (SSSR count). The van der Waals surface area contributed by atoms with E-state index in [1.807, 2.05) is 0 Å². The molecule has 0 radical (unpaired) electrons. The minimum absolute atomic E-state index is 0.0379. The Labute approximate surface area is 105 Å². The van der Waals surface area contributed by atoms with Crippen LogP contribution < -0.4 is 4.31 Å². The van der Waals surface area contributed by atoms with E-state index in [2.05, 4.69) is 0 Å². The van der Waals surface area contributed by atoms with Gasteiger partial charge in [0.05, 0.1) is 17.0 Å². The summed E-state index contributed by atoms with van der Waals surface area (Å²) in [6, 6.07) is 3.06. The van der Waals surface area contributed by atoms with Crippen molar-refractivity contribution in [2.75, 3.05) is 16.6 Å². The van der Waals surface area contributed by atoms with Gasteiger partial charge >= 0.3 is 5.97 Å². The van der Waals surface area contributed by atoms with Crippen molar-refractivity contribution < 1.29 is 22.7 Å². The molecule has 7 heteroatoms. The second kappa shape index (κ2) is 5.34. The van der Waals surface area contributed by atoms with Crippen molar-refractivity contribution in [3.05, 3.63) is 29.6 Å². The number of carboxylic acid groups (broad SMARTS) is 1. The lowest BCUT2D eigenvalue weighted by atomic mass is 10.2. The topological polar surface area (TPSA) is 74.7 Å². The molecule has 0 spiro atoms. The molecule has 0 aromatic heterocycles. The van der Waals surface area contributed by atoms with E-state index in [0.29, 0.717) is 0 Å². The fraction of sp³-hybridized carbons (Fsp3) is 0.364. The second-order valence-electron chi connectivity index (χ2n) is 3.54. The Morgan fingerprint density at radius 2 is 2.00 bits per heavy atom. The van der Waals surface area contributed by atoms with Crippen LogP contribution in [0.2, 0.25) is 0 Å². The lowest BCUT2D eigenvalue weighted by molar-refractivity contribution is 0.0697. The fourth-order valence-electron chi connectivity index (χ4n) is 1.51. The third-order valence-electron chi connectivity index (χ3n) is 2.45. The lowest BCUT2D eigenvalue weighted by Crippen LogP contribution is -2.33. The van der Waals surface area contributed by atoms with Gasteiger partial charge in [-0.05, 0) is 32.0 Å². The molecule has 1 aromatic carbocycles. The van der Waals surface area contributed by atoms with E-state index in [0.717, 1.165) is 22.5 Å². The molecule has 0 aliphatic carbocycles. The normalized spacial score (nSPS) is 11.3. The molecule has 5 nitrogen and oxygen atoms in total. The highest BCUT2D eigenvalue weighted by atomic mass is 32.2. The smallest absolute Gasteiger partial charge is 0.335 e. The van der Waals surface area contributed by atoms with Gasteiger partial charge in [-0.2, -0.15) is 0 Å². The average molecular weight is 275 g/mol. The minimum atomic E-state index is -3.63. The van der Waals surface area contributed by atoms with E-state index in [1.54, 1.807) is 6.92 Å². The molecule has 0 aliphatic heterocycles. The van der Waals surface area contributed by atoms with Gasteiger partial charge in [0.25, 0.3) is 0 Å². The molecule has 1 N–H and O–H groups in total. The van der Waals surface area contributed by atoms with Crippen molar-refractivity contribution in [1.82, 2.24) is 0 Å². The molecule has 1 aromatic rings. The Hall–Kier alpha value is -1.63. The summed E-state index contributed by atoms with van der Waals surface area (Å²) in [5.41, 5.74) is -0.393. The summed E-state index contributed by atoms with van der Waals surface area (Å²) in [5.74, 6) is -2.18. The molecule has 0 heterocycles. The number of benzene rings is 1. The predicted molar refractivity (Wildman–Crippen MR) is 65.8 cm³/mol. The summed E-state index contributed by atoms with van der Waals surface area (Å²) < 4.78 is 38.1. The average Bonchev–Trinajstić information content (AvgIpc) is 2.31. The summed E-state index contributed by atoms with van der Waals surface area (Å²) in [5, 5.41) is 8.82. The molecule has 0 unspecified atom stereocenters. The number of halogens is 1. The number of rotatable bonds is 5. The Bertz CT molecular complexity index is 556. The highest BCUT2D eigenvalue weighted by Crippen LogP contribution is 2.23. The van der Waals surface area contributed by atoms with Gasteiger partial charge < -0.3 is 5.11 Å². The van der Waals surface area contributed by atoms with Crippen LogP contribution in [0.1, 0.15) is 24.2 Å². The van der Waals surface area contributed by atoms with Crippen molar-refractivity contribution in [3.8, 4) is 0 Å². The van der Waals surface area contributed by atoms with Gasteiger partial charge in [0.15, 0.2) is 0 Å². The minimum Gasteiger partial charge on any atom is -0.478 e. The van der Waals surface area contributed by atoms with Crippen molar-refractivity contribution in [2.24, 2.45) is 0 Å². The number of aromatic carboxylic acids is 1. The van der Waals surface area contributed by atoms with Crippen LogP contribution >= 0.6 is 0 Å². The van der Waals surface area contributed by atoms with E-state index < -0.39 is 21.8 Å². The monoisotopic (exact) mass is 275 g/mol. The Morgan fingerprint density at radius 1 is 1.39 bits per heavy atom. The van der Waals surface area contributed by atoms with Gasteiger partial charge in [0, 0.05) is 6.54 Å². The number of carboxylic acids is 1. The Balaban J connectivity index is 3.38. The molecular weight excluding hydrogens is 261 g/mol. The number of hydrogen-bond donors (Lipinski definition) is 1. The number of anilines is 1. The standard InChI is InChI=1S/C11H14FNO4S/c1-3-13(18(16,17)4-2)10-7-8(11(14)15)5-6-9(10)12/h5-7H,3-4H2,1-2H3,(H,14,15). The van der Waals surface area contributed by atoms with E-state index in [4.69, 9.17) is 5.11 Å². The predicted octanol–water partition coefficient (Wildman–Crippen LogP) is 1.70. The maximum absolute atomic E-state index is 13.6. The SMILES string of the molecule is CCN(c1cc(C(=O)O)ccc1F)S(=O)(=O)CC. The fourth-order valence-corrected chi connectivity index (χ4v) is 2.65. The first-order chi connectivity index (χ1) is 8.33. The van der Waals surface area contributed by atoms with Gasteiger partial charge in [-0.1, -0.05) is 0 Å². The highest BCUT2D eigenvalue weighted by Gasteiger charge is 2.22. The van der Waals surface area contributed by atoms with E-state index >= 15 is 0 Å². The summed E-state index contributed by atoms with van der Waals surface area (Å²) >= 11 is 0. The number of carbonyl (C=O) groups is 1. The highest BCUT2D eigenvalue weighted by molar-refractivity contribution is 7.92. The maximum atomic E-state index is 13.6. The molecule has 0 bridgehead atoms. The van der Waals surface area contributed by atoms with Gasteiger partial charge in [0.1, 0.15) is 5.82 Å². The van der Waals surface area contributed by atoms with Gasteiger partial charge in [0.2, 0.25) is 10.0 Å². The second-order valence-corrected chi connectivity index (χ2v) is 5.72. The maximum Gasteiger partial charge on any atom is 0.335 e. The molecule has 100 valence electrons. The largest absolute Gasteiger partial charge is 0.478 e. The summed E-state index contributed by atoms with van der Waals surface area (Å²) in [7, 11) is -3.63. The summed E-state index contributed by atoms with van der Waals surface area (Å²) in [4.78, 5) is 10.8. The molecule has 0 fully saturated rings. The first-order valence-corrected chi connectivity index (χ1v) is 6.97. The van der Waals surface area contributed by atoms with Gasteiger partial charge in [-0.15, -0.1) is 0 Å². The van der Waals surface area contributed by atoms with Crippen molar-refractivity contribution >= 4 is 21.7 Å². The first kappa shape index (κ1) is 14.4. The molecule has 0 saturated carbocycles.